The van der Waals surface area contributed by atoms with Gasteiger partial charge < -0.3 is 10.2 Å². The molecule has 1 aliphatic rings. The molecule has 0 heterocycles. The minimum Gasteiger partial charge on any atom is -0.312 e. The summed E-state index contributed by atoms with van der Waals surface area (Å²) in [4.78, 5) is 2.61. The first-order chi connectivity index (χ1) is 8.34. The molecule has 0 saturated heterocycles. The molecule has 18 heavy (non-hydrogen) atoms. The van der Waals surface area contributed by atoms with Crippen molar-refractivity contribution in [2.24, 2.45) is 11.3 Å². The van der Waals surface area contributed by atoms with Crippen molar-refractivity contribution in [3.05, 3.63) is 0 Å². The van der Waals surface area contributed by atoms with Crippen LogP contribution in [-0.4, -0.2) is 37.1 Å². The highest BCUT2D eigenvalue weighted by Crippen LogP contribution is 2.28. The number of hydrogen-bond donors (Lipinski definition) is 1. The van der Waals surface area contributed by atoms with E-state index in [1.165, 1.54) is 32.2 Å². The molecule has 0 radical (unpaired) electrons. The van der Waals surface area contributed by atoms with Crippen LogP contribution in [0.25, 0.3) is 0 Å². The topological polar surface area (TPSA) is 15.3 Å². The highest BCUT2D eigenvalue weighted by atomic mass is 15.2. The molecule has 0 amide bonds. The molecule has 1 N–H and O–H groups in total. The number of rotatable bonds is 5. The van der Waals surface area contributed by atoms with Gasteiger partial charge in [-0.25, -0.2) is 0 Å². The second-order valence-corrected chi connectivity index (χ2v) is 7.34. The van der Waals surface area contributed by atoms with E-state index in [9.17, 15) is 0 Å². The summed E-state index contributed by atoms with van der Waals surface area (Å²) in [5.41, 5.74) is 0.338. The molecule has 3 unspecified atom stereocenters. The van der Waals surface area contributed by atoms with Crippen molar-refractivity contribution in [1.29, 1.82) is 0 Å². The molecule has 0 aliphatic heterocycles. The average Bonchev–Trinajstić information content (AvgIpc) is 2.27. The van der Waals surface area contributed by atoms with Gasteiger partial charge in [0.15, 0.2) is 0 Å². The summed E-state index contributed by atoms with van der Waals surface area (Å²) < 4.78 is 0. The Labute approximate surface area is 115 Å². The monoisotopic (exact) mass is 254 g/mol. The van der Waals surface area contributed by atoms with Crippen LogP contribution < -0.4 is 5.32 Å². The lowest BCUT2D eigenvalue weighted by Gasteiger charge is -2.40. The van der Waals surface area contributed by atoms with Gasteiger partial charge in [-0.2, -0.15) is 0 Å². The minimum atomic E-state index is 0.338. The third-order valence-electron chi connectivity index (χ3n) is 4.50. The summed E-state index contributed by atoms with van der Waals surface area (Å²) in [6, 6.07) is 1.39. The summed E-state index contributed by atoms with van der Waals surface area (Å²) in [7, 11) is 2.32. The maximum atomic E-state index is 3.66. The van der Waals surface area contributed by atoms with Crippen molar-refractivity contribution in [2.45, 2.75) is 72.4 Å². The molecule has 2 nitrogen and oxygen atoms in total. The fourth-order valence-electron chi connectivity index (χ4n) is 3.13. The highest BCUT2D eigenvalue weighted by molar-refractivity contribution is 4.86. The number of likely N-dealkylation sites (N-methyl/N-ethyl adjacent to an activating group) is 2. The summed E-state index contributed by atoms with van der Waals surface area (Å²) in [5.74, 6) is 0.915. The van der Waals surface area contributed by atoms with Crippen molar-refractivity contribution in [2.75, 3.05) is 20.1 Å². The summed E-state index contributed by atoms with van der Waals surface area (Å²) in [5, 5.41) is 3.66. The Morgan fingerprint density at radius 1 is 1.28 bits per heavy atom. The van der Waals surface area contributed by atoms with E-state index in [1.54, 1.807) is 0 Å². The molecule has 108 valence electrons. The molecule has 2 heteroatoms. The van der Waals surface area contributed by atoms with E-state index < -0.39 is 0 Å². The molecule has 0 spiro atoms. The lowest BCUT2D eigenvalue weighted by molar-refractivity contribution is 0.122. The van der Waals surface area contributed by atoms with Crippen LogP contribution in [0.4, 0.5) is 0 Å². The van der Waals surface area contributed by atoms with Crippen LogP contribution in [0.5, 0.6) is 0 Å². The smallest absolute Gasteiger partial charge is 0.0243 e. The number of hydrogen-bond acceptors (Lipinski definition) is 2. The molecule has 0 bridgehead atoms. The maximum Gasteiger partial charge on any atom is 0.0243 e. The number of nitrogens with zero attached hydrogens (tertiary/aromatic N) is 1. The average molecular weight is 254 g/mol. The standard InChI is InChI=1S/C16H34N2/c1-7-17-15(16(3,4)5)12-18(6)14-10-8-9-13(2)11-14/h13-15,17H,7-12H2,1-6H3. The molecular formula is C16H34N2. The fourth-order valence-corrected chi connectivity index (χ4v) is 3.13. The second-order valence-electron chi connectivity index (χ2n) is 7.34. The zero-order valence-electron chi connectivity index (χ0n) is 13.4. The van der Waals surface area contributed by atoms with Gasteiger partial charge in [0.1, 0.15) is 0 Å². The predicted octanol–water partition coefficient (Wildman–Crippen LogP) is 3.52. The van der Waals surface area contributed by atoms with Gasteiger partial charge in [-0.05, 0) is 37.8 Å². The molecule has 1 saturated carbocycles. The SMILES string of the molecule is CCNC(CN(C)C1CCCC(C)C1)C(C)(C)C. The quantitative estimate of drug-likeness (QED) is 0.807. The Bertz CT molecular complexity index is 232. The van der Waals surface area contributed by atoms with E-state index in [2.05, 4.69) is 51.9 Å². The van der Waals surface area contributed by atoms with Crippen LogP contribution in [0, 0.1) is 11.3 Å². The fraction of sp³-hybridized carbons (Fsp3) is 1.00. The van der Waals surface area contributed by atoms with Crippen LogP contribution >= 0.6 is 0 Å². The first-order valence-electron chi connectivity index (χ1n) is 7.78. The maximum absolute atomic E-state index is 3.66. The van der Waals surface area contributed by atoms with Gasteiger partial charge in [0, 0.05) is 18.6 Å². The van der Waals surface area contributed by atoms with Gasteiger partial charge in [-0.3, -0.25) is 0 Å². The normalized spacial score (nSPS) is 27.5. The predicted molar refractivity (Wildman–Crippen MR) is 81.0 cm³/mol. The molecular weight excluding hydrogens is 220 g/mol. The van der Waals surface area contributed by atoms with Crippen molar-refractivity contribution in [3.63, 3.8) is 0 Å². The lowest BCUT2D eigenvalue weighted by Crippen LogP contribution is -2.50. The third kappa shape index (κ3) is 4.89. The van der Waals surface area contributed by atoms with Crippen molar-refractivity contribution >= 4 is 0 Å². The molecule has 0 aromatic rings. The summed E-state index contributed by atoms with van der Waals surface area (Å²) >= 11 is 0. The van der Waals surface area contributed by atoms with Gasteiger partial charge in [0.05, 0.1) is 0 Å². The Balaban J connectivity index is 2.52. The lowest BCUT2D eigenvalue weighted by atomic mass is 9.84. The molecule has 0 aromatic heterocycles. The van der Waals surface area contributed by atoms with Crippen LogP contribution in [0.15, 0.2) is 0 Å². The molecule has 3 atom stereocenters. The summed E-state index contributed by atoms with van der Waals surface area (Å²) in [6.45, 7) is 13.9. The first-order valence-corrected chi connectivity index (χ1v) is 7.78. The van der Waals surface area contributed by atoms with E-state index in [-0.39, 0.29) is 0 Å². The second kappa shape index (κ2) is 6.91. The van der Waals surface area contributed by atoms with E-state index in [0.717, 1.165) is 18.5 Å². The minimum absolute atomic E-state index is 0.338. The van der Waals surface area contributed by atoms with Gasteiger partial charge in [0.2, 0.25) is 0 Å². The largest absolute Gasteiger partial charge is 0.312 e. The number of nitrogens with one attached hydrogen (secondary N) is 1. The van der Waals surface area contributed by atoms with Crippen molar-refractivity contribution < 1.29 is 0 Å². The van der Waals surface area contributed by atoms with Crippen LogP contribution in [0.3, 0.4) is 0 Å². The zero-order chi connectivity index (χ0) is 13.8. The van der Waals surface area contributed by atoms with E-state index in [4.69, 9.17) is 0 Å². The Morgan fingerprint density at radius 2 is 1.94 bits per heavy atom. The van der Waals surface area contributed by atoms with Gasteiger partial charge in [-0.15, -0.1) is 0 Å². The van der Waals surface area contributed by atoms with Gasteiger partial charge in [0.25, 0.3) is 0 Å². The van der Waals surface area contributed by atoms with E-state index in [1.807, 2.05) is 0 Å². The van der Waals surface area contributed by atoms with Crippen molar-refractivity contribution in [1.82, 2.24) is 10.2 Å². The van der Waals surface area contributed by atoms with Crippen LogP contribution in [-0.2, 0) is 0 Å². The van der Waals surface area contributed by atoms with E-state index in [0.29, 0.717) is 11.5 Å². The third-order valence-corrected chi connectivity index (χ3v) is 4.50. The van der Waals surface area contributed by atoms with E-state index >= 15 is 0 Å². The summed E-state index contributed by atoms with van der Waals surface area (Å²) in [6.07, 6.45) is 5.63. The van der Waals surface area contributed by atoms with Crippen molar-refractivity contribution in [3.8, 4) is 0 Å². The highest BCUT2D eigenvalue weighted by Gasteiger charge is 2.28. The van der Waals surface area contributed by atoms with Gasteiger partial charge >= 0.3 is 0 Å². The molecule has 1 aliphatic carbocycles. The molecule has 1 fully saturated rings. The van der Waals surface area contributed by atoms with Gasteiger partial charge in [-0.1, -0.05) is 47.5 Å². The van der Waals surface area contributed by atoms with Crippen LogP contribution in [0.2, 0.25) is 0 Å². The Kier molecular flexibility index (Phi) is 6.13. The molecule has 1 rings (SSSR count). The first kappa shape index (κ1) is 16.0. The zero-order valence-corrected chi connectivity index (χ0v) is 13.4. The Morgan fingerprint density at radius 3 is 2.44 bits per heavy atom. The molecule has 0 aromatic carbocycles. The Hall–Kier alpha value is -0.0800. The van der Waals surface area contributed by atoms with Crippen LogP contribution in [0.1, 0.15) is 60.3 Å².